The molecule has 4 rings (SSSR count). The molecule has 1 amide bonds. The van der Waals surface area contributed by atoms with Crippen molar-refractivity contribution in [3.63, 3.8) is 0 Å². The molecule has 1 aliphatic rings. The number of benzene rings is 1. The van der Waals surface area contributed by atoms with Crippen molar-refractivity contribution < 1.29 is 14.6 Å². The van der Waals surface area contributed by atoms with Gasteiger partial charge in [-0.1, -0.05) is 57.7 Å². The molecule has 1 aliphatic carbocycles. The molecule has 0 aliphatic heterocycles. The van der Waals surface area contributed by atoms with Gasteiger partial charge in [0, 0.05) is 11.8 Å². The topological polar surface area (TPSA) is 89.9 Å². The summed E-state index contributed by atoms with van der Waals surface area (Å²) in [5, 5.41) is 9.30. The molecule has 6 nitrogen and oxygen atoms in total. The van der Waals surface area contributed by atoms with Crippen molar-refractivity contribution in [2.45, 2.75) is 39.0 Å². The number of hydrogen-bond donors (Lipinski definition) is 2. The van der Waals surface area contributed by atoms with Gasteiger partial charge >= 0.3 is 0 Å². The third-order valence-corrected chi connectivity index (χ3v) is 5.00. The monoisotopic (exact) mass is 435 g/mol. The second kappa shape index (κ2) is 14.3. The number of carbonyl (C=O) groups is 1. The standard InChI is InChI=1S/C14H12N2O2.C7H14.C3H5NO.C2H2/c1-18-14-6-11(8-16-9-15-7-13(14)16)10-2-4-12(17)5-3-10;1-7-5-3-2-4-6-7;1-2-3(4)5;1-2/h2-9,17H,1H3;7H,2-6H2,1H3;2H,1H2,(H2,4,5);1-2H. The van der Waals surface area contributed by atoms with Crippen molar-refractivity contribution in [2.75, 3.05) is 7.11 Å². The smallest absolute Gasteiger partial charge is 0.240 e. The lowest BCUT2D eigenvalue weighted by Gasteiger charge is -2.15. The molecule has 2 heterocycles. The number of pyridine rings is 1. The predicted octanol–water partition coefficient (Wildman–Crippen LogP) is 5.21. The number of phenols is 1. The summed E-state index contributed by atoms with van der Waals surface area (Å²) in [5.74, 6) is 1.59. The fourth-order valence-electron chi connectivity index (χ4n) is 3.28. The lowest BCUT2D eigenvalue weighted by Crippen LogP contribution is -2.04. The van der Waals surface area contributed by atoms with Crippen LogP contribution in [0.3, 0.4) is 0 Å². The first kappa shape index (κ1) is 26.3. The van der Waals surface area contributed by atoms with Crippen LogP contribution in [0.5, 0.6) is 11.5 Å². The number of amides is 1. The molecule has 1 aromatic carbocycles. The maximum atomic E-state index is 9.47. The van der Waals surface area contributed by atoms with Crippen LogP contribution in [-0.4, -0.2) is 27.5 Å². The van der Waals surface area contributed by atoms with Crippen LogP contribution in [0.4, 0.5) is 0 Å². The van der Waals surface area contributed by atoms with E-state index in [0.29, 0.717) is 0 Å². The van der Waals surface area contributed by atoms with Crippen LogP contribution in [0.15, 0.2) is 61.7 Å². The lowest BCUT2D eigenvalue weighted by atomic mass is 9.91. The molecule has 170 valence electrons. The van der Waals surface area contributed by atoms with Gasteiger partial charge in [0.25, 0.3) is 0 Å². The summed E-state index contributed by atoms with van der Waals surface area (Å²) in [6.45, 7) is 5.45. The number of imidazole rings is 1. The number of nitrogens with zero attached hydrogens (tertiary/aromatic N) is 2. The van der Waals surface area contributed by atoms with E-state index >= 15 is 0 Å². The number of fused-ring (bicyclic) bond motifs is 1. The van der Waals surface area contributed by atoms with E-state index in [-0.39, 0.29) is 5.75 Å². The zero-order valence-corrected chi connectivity index (χ0v) is 18.9. The molecule has 2 aromatic heterocycles. The third-order valence-electron chi connectivity index (χ3n) is 5.00. The number of aromatic hydroxyl groups is 1. The average Bonchev–Trinajstić information content (AvgIpc) is 3.30. The number of nitrogens with two attached hydrogens (primary N) is 1. The molecule has 0 atom stereocenters. The van der Waals surface area contributed by atoms with E-state index in [4.69, 9.17) is 4.74 Å². The van der Waals surface area contributed by atoms with E-state index in [2.05, 4.69) is 37.1 Å². The van der Waals surface area contributed by atoms with Crippen molar-refractivity contribution >= 4 is 11.4 Å². The minimum Gasteiger partial charge on any atom is -0.508 e. The van der Waals surface area contributed by atoms with E-state index < -0.39 is 5.91 Å². The zero-order valence-electron chi connectivity index (χ0n) is 18.9. The molecule has 0 spiro atoms. The highest BCUT2D eigenvalue weighted by atomic mass is 16.5. The summed E-state index contributed by atoms with van der Waals surface area (Å²) >= 11 is 0. The second-order valence-electron chi connectivity index (χ2n) is 7.38. The van der Waals surface area contributed by atoms with E-state index in [0.717, 1.165) is 34.4 Å². The highest BCUT2D eigenvalue weighted by Gasteiger charge is 2.07. The summed E-state index contributed by atoms with van der Waals surface area (Å²) in [5.41, 5.74) is 7.49. The predicted molar refractivity (Wildman–Crippen MR) is 130 cm³/mol. The van der Waals surface area contributed by atoms with Gasteiger partial charge in [-0.05, 0) is 35.8 Å². The van der Waals surface area contributed by atoms with Gasteiger partial charge in [0.2, 0.25) is 5.91 Å². The Balaban J connectivity index is 0.000000302. The van der Waals surface area contributed by atoms with Crippen LogP contribution in [0.1, 0.15) is 39.0 Å². The van der Waals surface area contributed by atoms with Gasteiger partial charge in [0.15, 0.2) is 0 Å². The number of phenolic OH excluding ortho intramolecular Hbond substituents is 1. The molecule has 0 unspecified atom stereocenters. The van der Waals surface area contributed by atoms with Gasteiger partial charge in [-0.15, -0.1) is 12.8 Å². The van der Waals surface area contributed by atoms with Crippen molar-refractivity contribution in [2.24, 2.45) is 11.7 Å². The molecule has 6 heteroatoms. The largest absolute Gasteiger partial charge is 0.508 e. The fraction of sp³-hybridized carbons (Fsp3) is 0.308. The maximum Gasteiger partial charge on any atom is 0.240 e. The number of ether oxygens (including phenoxy) is 1. The van der Waals surface area contributed by atoms with Gasteiger partial charge in [0.1, 0.15) is 17.0 Å². The van der Waals surface area contributed by atoms with Crippen molar-refractivity contribution in [1.29, 1.82) is 0 Å². The third kappa shape index (κ3) is 8.57. The van der Waals surface area contributed by atoms with Crippen LogP contribution in [0, 0.1) is 18.8 Å². The second-order valence-corrected chi connectivity index (χ2v) is 7.38. The SMILES string of the molecule is C#C.C=CC(N)=O.CC1CCCCC1.COc1cc(-c2ccc(O)cc2)cn2cncc12. The van der Waals surface area contributed by atoms with Crippen LogP contribution < -0.4 is 10.5 Å². The van der Waals surface area contributed by atoms with Gasteiger partial charge in [-0.25, -0.2) is 4.98 Å². The number of aromatic nitrogens is 2. The number of carbonyl (C=O) groups excluding carboxylic acids is 1. The first-order chi connectivity index (χ1) is 15.4. The summed E-state index contributed by atoms with van der Waals surface area (Å²) < 4.78 is 7.28. The van der Waals surface area contributed by atoms with Gasteiger partial charge < -0.3 is 20.0 Å². The number of rotatable bonds is 3. The Morgan fingerprint density at radius 3 is 2.28 bits per heavy atom. The van der Waals surface area contributed by atoms with Gasteiger partial charge in [-0.2, -0.15) is 0 Å². The quantitative estimate of drug-likeness (QED) is 0.436. The Hall–Kier alpha value is -3.72. The minimum atomic E-state index is -0.481. The molecule has 1 saturated carbocycles. The van der Waals surface area contributed by atoms with E-state index in [1.165, 1.54) is 32.1 Å². The highest BCUT2D eigenvalue weighted by Crippen LogP contribution is 2.28. The van der Waals surface area contributed by atoms with Crippen LogP contribution in [0.2, 0.25) is 0 Å². The van der Waals surface area contributed by atoms with Crippen molar-refractivity contribution in [3.05, 3.63) is 61.7 Å². The fourth-order valence-corrected chi connectivity index (χ4v) is 3.28. The minimum absolute atomic E-state index is 0.259. The van der Waals surface area contributed by atoms with Gasteiger partial charge in [0.05, 0.1) is 19.6 Å². The number of primary amides is 1. The Morgan fingerprint density at radius 1 is 1.22 bits per heavy atom. The first-order valence-electron chi connectivity index (χ1n) is 10.5. The van der Waals surface area contributed by atoms with Gasteiger partial charge in [-0.3, -0.25) is 4.79 Å². The molecule has 3 aromatic rings. The van der Waals surface area contributed by atoms with Crippen LogP contribution >= 0.6 is 0 Å². The zero-order chi connectivity index (χ0) is 23.9. The van der Waals surface area contributed by atoms with Crippen LogP contribution in [0.25, 0.3) is 16.6 Å². The molecule has 3 N–H and O–H groups in total. The Morgan fingerprint density at radius 2 is 1.81 bits per heavy atom. The molecule has 0 bridgehead atoms. The molecule has 1 fully saturated rings. The van der Waals surface area contributed by atoms with E-state index in [1.54, 1.807) is 31.8 Å². The average molecular weight is 436 g/mol. The molecule has 0 saturated heterocycles. The number of terminal acetylenes is 1. The van der Waals surface area contributed by atoms with E-state index in [9.17, 15) is 9.90 Å². The lowest BCUT2D eigenvalue weighted by molar-refractivity contribution is -0.113. The molecule has 0 radical (unpaired) electrons. The molecular weight excluding hydrogens is 402 g/mol. The molecular formula is C26H33N3O3. The van der Waals surface area contributed by atoms with Crippen LogP contribution in [-0.2, 0) is 4.79 Å². The summed E-state index contributed by atoms with van der Waals surface area (Å²) in [4.78, 5) is 13.6. The normalized spacial score (nSPS) is 12.6. The van der Waals surface area contributed by atoms with Crippen molar-refractivity contribution in [1.82, 2.24) is 9.38 Å². The Labute approximate surface area is 190 Å². The summed E-state index contributed by atoms with van der Waals surface area (Å²) in [6.07, 6.45) is 22.0. The summed E-state index contributed by atoms with van der Waals surface area (Å²) in [6, 6.07) is 9.03. The summed E-state index contributed by atoms with van der Waals surface area (Å²) in [7, 11) is 1.64. The Kier molecular flexibility index (Phi) is 11.8. The van der Waals surface area contributed by atoms with Crippen molar-refractivity contribution in [3.8, 4) is 35.5 Å². The molecule has 32 heavy (non-hydrogen) atoms. The number of methoxy groups -OCH3 is 1. The van der Waals surface area contributed by atoms with E-state index in [1.807, 2.05) is 28.8 Å². The Bertz CT molecular complexity index is 984. The number of hydrogen-bond acceptors (Lipinski definition) is 4. The first-order valence-corrected chi connectivity index (χ1v) is 10.5. The maximum absolute atomic E-state index is 9.47. The highest BCUT2D eigenvalue weighted by molar-refractivity contribution is 5.85.